The van der Waals surface area contributed by atoms with Crippen LogP contribution in [-0.4, -0.2) is 42.9 Å². The van der Waals surface area contributed by atoms with Crippen molar-refractivity contribution >= 4 is 21.8 Å². The van der Waals surface area contributed by atoms with Crippen LogP contribution in [0.5, 0.6) is 0 Å². The lowest BCUT2D eigenvalue weighted by atomic mass is 10.0. The predicted octanol–water partition coefficient (Wildman–Crippen LogP) is 2.79. The molecule has 100 valence electrons. The lowest BCUT2D eigenvalue weighted by Crippen LogP contribution is -2.35. The normalized spacial score (nSPS) is 10.4. The van der Waals surface area contributed by atoms with Crippen molar-refractivity contribution in [3.05, 3.63) is 34.9 Å². The van der Waals surface area contributed by atoms with Crippen molar-refractivity contribution in [1.82, 2.24) is 4.90 Å². The van der Waals surface area contributed by atoms with Crippen LogP contribution < -0.4 is 0 Å². The monoisotopic (exact) mass is 313 g/mol. The number of hydrogen-bond donors (Lipinski definition) is 0. The van der Waals surface area contributed by atoms with Gasteiger partial charge in [-0.15, -0.1) is 0 Å². The first-order valence-corrected chi connectivity index (χ1v) is 7.13. The van der Waals surface area contributed by atoms with E-state index < -0.39 is 0 Å². The molecular weight excluding hydrogens is 294 g/mol. The molecule has 0 aliphatic carbocycles. The molecule has 3 nitrogen and oxygen atoms in total. The summed E-state index contributed by atoms with van der Waals surface area (Å²) in [5.41, 5.74) is 2.97. The van der Waals surface area contributed by atoms with Gasteiger partial charge in [-0.25, -0.2) is 0 Å². The topological polar surface area (TPSA) is 29.5 Å². The largest absolute Gasteiger partial charge is 0.383 e. The van der Waals surface area contributed by atoms with E-state index in [1.54, 1.807) is 7.11 Å². The Kier molecular flexibility index (Phi) is 6.36. The molecule has 1 rings (SSSR count). The third-order valence-corrected chi connectivity index (χ3v) is 3.17. The predicted molar refractivity (Wildman–Crippen MR) is 77.5 cm³/mol. The van der Waals surface area contributed by atoms with Crippen LogP contribution in [0.3, 0.4) is 0 Å². The van der Waals surface area contributed by atoms with Gasteiger partial charge in [0.1, 0.15) is 0 Å². The number of carbonyl (C=O) groups excluding carboxylic acids is 1. The van der Waals surface area contributed by atoms with Crippen LogP contribution in [-0.2, 0) is 4.74 Å². The highest BCUT2D eigenvalue weighted by Crippen LogP contribution is 2.13. The summed E-state index contributed by atoms with van der Waals surface area (Å²) in [6.07, 6.45) is 0. The van der Waals surface area contributed by atoms with Crippen molar-refractivity contribution < 1.29 is 9.53 Å². The summed E-state index contributed by atoms with van der Waals surface area (Å²) in [5.74, 6) is 0.0731. The molecule has 1 aromatic rings. The van der Waals surface area contributed by atoms with E-state index in [2.05, 4.69) is 15.9 Å². The summed E-state index contributed by atoms with van der Waals surface area (Å²) in [6, 6.07) is 5.92. The number of hydrogen-bond acceptors (Lipinski definition) is 2. The average molecular weight is 314 g/mol. The van der Waals surface area contributed by atoms with Crippen molar-refractivity contribution in [1.29, 1.82) is 0 Å². The fourth-order valence-corrected chi connectivity index (χ4v) is 2.27. The number of rotatable bonds is 6. The molecule has 0 radical (unpaired) electrons. The fourth-order valence-electron chi connectivity index (χ4n) is 1.84. The Balaban J connectivity index is 2.87. The zero-order valence-electron chi connectivity index (χ0n) is 11.2. The molecule has 0 unspecified atom stereocenters. The highest BCUT2D eigenvalue weighted by atomic mass is 79.9. The molecule has 0 atom stereocenters. The number of aryl methyl sites for hydroxylation is 2. The molecule has 0 aromatic heterocycles. The molecular formula is C14H20BrNO2. The molecule has 1 amide bonds. The van der Waals surface area contributed by atoms with Gasteiger partial charge in [0.25, 0.3) is 5.91 Å². The van der Waals surface area contributed by atoms with Gasteiger partial charge in [-0.05, 0) is 25.5 Å². The van der Waals surface area contributed by atoms with Crippen LogP contribution in [0.25, 0.3) is 0 Å². The summed E-state index contributed by atoms with van der Waals surface area (Å²) in [4.78, 5) is 14.2. The summed E-state index contributed by atoms with van der Waals surface area (Å²) < 4.78 is 5.04. The highest BCUT2D eigenvalue weighted by Gasteiger charge is 2.16. The maximum atomic E-state index is 12.4. The minimum atomic E-state index is 0.0731. The molecule has 1 aromatic carbocycles. The van der Waals surface area contributed by atoms with Crippen LogP contribution in [0.4, 0.5) is 0 Å². The van der Waals surface area contributed by atoms with E-state index >= 15 is 0 Å². The summed E-state index contributed by atoms with van der Waals surface area (Å²) >= 11 is 3.38. The summed E-state index contributed by atoms with van der Waals surface area (Å²) in [6.45, 7) is 5.87. The van der Waals surface area contributed by atoms with E-state index in [1.807, 2.05) is 36.9 Å². The molecule has 0 saturated heterocycles. The van der Waals surface area contributed by atoms with E-state index in [9.17, 15) is 4.79 Å². The van der Waals surface area contributed by atoms with E-state index in [0.29, 0.717) is 19.7 Å². The summed E-state index contributed by atoms with van der Waals surface area (Å²) in [5, 5.41) is 0.771. The van der Waals surface area contributed by atoms with Crippen molar-refractivity contribution in [2.75, 3.05) is 32.1 Å². The standard InChI is InChI=1S/C14H20BrNO2/c1-11-4-5-13(12(2)10-11)14(17)16(7-6-15)8-9-18-3/h4-5,10H,6-9H2,1-3H3. The average Bonchev–Trinajstić information content (AvgIpc) is 2.33. The van der Waals surface area contributed by atoms with E-state index in [0.717, 1.165) is 16.5 Å². The Morgan fingerprint density at radius 3 is 2.61 bits per heavy atom. The number of halogens is 1. The first-order valence-electron chi connectivity index (χ1n) is 6.01. The first kappa shape index (κ1) is 15.2. The Bertz CT molecular complexity index is 407. The van der Waals surface area contributed by atoms with Gasteiger partial charge in [-0.2, -0.15) is 0 Å². The van der Waals surface area contributed by atoms with Gasteiger partial charge in [-0.1, -0.05) is 33.6 Å². The van der Waals surface area contributed by atoms with E-state index in [4.69, 9.17) is 4.74 Å². The van der Waals surface area contributed by atoms with Gasteiger partial charge in [0, 0.05) is 31.1 Å². The maximum absolute atomic E-state index is 12.4. The van der Waals surface area contributed by atoms with Gasteiger partial charge in [0.15, 0.2) is 0 Å². The van der Waals surface area contributed by atoms with Gasteiger partial charge in [0.2, 0.25) is 0 Å². The van der Waals surface area contributed by atoms with Gasteiger partial charge >= 0.3 is 0 Å². The first-order chi connectivity index (χ1) is 8.60. The Morgan fingerprint density at radius 2 is 2.06 bits per heavy atom. The lowest BCUT2D eigenvalue weighted by Gasteiger charge is -2.22. The SMILES string of the molecule is COCCN(CCBr)C(=O)c1ccc(C)cc1C. The Morgan fingerprint density at radius 1 is 1.33 bits per heavy atom. The number of methoxy groups -OCH3 is 1. The minimum Gasteiger partial charge on any atom is -0.383 e. The smallest absolute Gasteiger partial charge is 0.254 e. The van der Waals surface area contributed by atoms with Gasteiger partial charge in [-0.3, -0.25) is 4.79 Å². The number of carbonyl (C=O) groups is 1. The third-order valence-electron chi connectivity index (χ3n) is 2.82. The quantitative estimate of drug-likeness (QED) is 0.756. The van der Waals surface area contributed by atoms with Crippen molar-refractivity contribution in [2.45, 2.75) is 13.8 Å². The zero-order chi connectivity index (χ0) is 13.5. The molecule has 0 heterocycles. The van der Waals surface area contributed by atoms with Crippen LogP contribution in [0.2, 0.25) is 0 Å². The molecule has 0 spiro atoms. The molecule has 0 aliphatic rings. The second-order valence-corrected chi connectivity index (χ2v) is 5.09. The number of benzene rings is 1. The van der Waals surface area contributed by atoms with E-state index in [1.165, 1.54) is 5.56 Å². The second-order valence-electron chi connectivity index (χ2n) is 4.29. The lowest BCUT2D eigenvalue weighted by molar-refractivity contribution is 0.0708. The van der Waals surface area contributed by atoms with Crippen LogP contribution >= 0.6 is 15.9 Å². The van der Waals surface area contributed by atoms with Crippen LogP contribution in [0, 0.1) is 13.8 Å². The molecule has 0 fully saturated rings. The molecule has 0 N–H and O–H groups in total. The molecule has 18 heavy (non-hydrogen) atoms. The van der Waals surface area contributed by atoms with Gasteiger partial charge in [0.05, 0.1) is 6.61 Å². The number of nitrogens with zero attached hydrogens (tertiary/aromatic N) is 1. The number of ether oxygens (including phenoxy) is 1. The molecule has 4 heteroatoms. The minimum absolute atomic E-state index is 0.0731. The van der Waals surface area contributed by atoms with Crippen molar-refractivity contribution in [2.24, 2.45) is 0 Å². The molecule has 0 bridgehead atoms. The fraction of sp³-hybridized carbons (Fsp3) is 0.500. The zero-order valence-corrected chi connectivity index (χ0v) is 12.8. The maximum Gasteiger partial charge on any atom is 0.254 e. The van der Waals surface area contributed by atoms with Crippen molar-refractivity contribution in [3.8, 4) is 0 Å². The van der Waals surface area contributed by atoms with Gasteiger partial charge < -0.3 is 9.64 Å². The number of alkyl halides is 1. The van der Waals surface area contributed by atoms with E-state index in [-0.39, 0.29) is 5.91 Å². The Labute approximate surface area is 117 Å². The Hall–Kier alpha value is -0.870. The molecule has 0 saturated carbocycles. The molecule has 0 aliphatic heterocycles. The van der Waals surface area contributed by atoms with Crippen LogP contribution in [0.1, 0.15) is 21.5 Å². The van der Waals surface area contributed by atoms with Crippen LogP contribution in [0.15, 0.2) is 18.2 Å². The number of amides is 1. The third kappa shape index (κ3) is 4.10. The second kappa shape index (κ2) is 7.54. The van der Waals surface area contributed by atoms with Crippen molar-refractivity contribution in [3.63, 3.8) is 0 Å². The summed E-state index contributed by atoms with van der Waals surface area (Å²) in [7, 11) is 1.65. The highest BCUT2D eigenvalue weighted by molar-refractivity contribution is 9.09.